The van der Waals surface area contributed by atoms with Crippen molar-refractivity contribution in [1.82, 2.24) is 10.5 Å². The van der Waals surface area contributed by atoms with Gasteiger partial charge >= 0.3 is 0 Å². The lowest BCUT2D eigenvalue weighted by Crippen LogP contribution is -2.23. The highest BCUT2D eigenvalue weighted by molar-refractivity contribution is 6.27. The quantitative estimate of drug-likeness (QED) is 0.824. The Kier molecular flexibility index (Phi) is 3.83. The summed E-state index contributed by atoms with van der Waals surface area (Å²) in [5.41, 5.74) is 0.764. The minimum absolute atomic E-state index is 0.0205. The lowest BCUT2D eigenvalue weighted by atomic mass is 10.1. The molecule has 1 amide bonds. The third-order valence-corrected chi connectivity index (χ3v) is 3.17. The molecule has 5 heteroatoms. The van der Waals surface area contributed by atoms with Gasteiger partial charge in [0, 0.05) is 12.0 Å². The zero-order valence-electron chi connectivity index (χ0n) is 9.04. The summed E-state index contributed by atoms with van der Waals surface area (Å²) >= 11 is 5.37. The molecule has 1 aromatic heterocycles. The standard InChI is InChI=1S/C11H15ClN2O2/c12-6-11(15)13-7-9-5-10(16-14-9)8-3-1-2-4-8/h5,8H,1-4,6-7H2,(H,13,15). The number of carbonyl (C=O) groups is 1. The van der Waals surface area contributed by atoms with Gasteiger partial charge in [-0.3, -0.25) is 4.79 Å². The third kappa shape index (κ3) is 2.76. The molecule has 0 spiro atoms. The fourth-order valence-electron chi connectivity index (χ4n) is 2.05. The first-order valence-electron chi connectivity index (χ1n) is 5.57. The Morgan fingerprint density at radius 2 is 2.31 bits per heavy atom. The third-order valence-electron chi connectivity index (χ3n) is 2.92. The molecule has 1 saturated carbocycles. The number of carbonyl (C=O) groups excluding carboxylic acids is 1. The van der Waals surface area contributed by atoms with Gasteiger partial charge < -0.3 is 9.84 Å². The van der Waals surface area contributed by atoms with Gasteiger partial charge in [0.25, 0.3) is 0 Å². The number of rotatable bonds is 4. The molecular formula is C11H15ClN2O2. The minimum Gasteiger partial charge on any atom is -0.361 e. The van der Waals surface area contributed by atoms with Crippen LogP contribution in [-0.2, 0) is 11.3 Å². The number of nitrogens with zero attached hydrogens (tertiary/aromatic N) is 1. The maximum absolute atomic E-state index is 10.9. The minimum atomic E-state index is -0.188. The summed E-state index contributed by atoms with van der Waals surface area (Å²) in [6.45, 7) is 0.391. The van der Waals surface area contributed by atoms with E-state index in [1.165, 1.54) is 25.7 Å². The van der Waals surface area contributed by atoms with Crippen molar-refractivity contribution in [3.8, 4) is 0 Å². The van der Waals surface area contributed by atoms with E-state index in [9.17, 15) is 4.79 Å². The first kappa shape index (κ1) is 11.5. The predicted octanol–water partition coefficient (Wildman–Crippen LogP) is 2.19. The van der Waals surface area contributed by atoms with E-state index in [2.05, 4.69) is 10.5 Å². The smallest absolute Gasteiger partial charge is 0.235 e. The van der Waals surface area contributed by atoms with Crippen molar-refractivity contribution >= 4 is 17.5 Å². The number of hydrogen-bond acceptors (Lipinski definition) is 3. The van der Waals surface area contributed by atoms with Gasteiger partial charge in [0.2, 0.25) is 5.91 Å². The monoisotopic (exact) mass is 242 g/mol. The van der Waals surface area contributed by atoms with Crippen LogP contribution in [-0.4, -0.2) is 16.9 Å². The number of aromatic nitrogens is 1. The van der Waals surface area contributed by atoms with E-state index in [-0.39, 0.29) is 11.8 Å². The van der Waals surface area contributed by atoms with Crippen LogP contribution in [0.2, 0.25) is 0 Å². The van der Waals surface area contributed by atoms with E-state index in [0.717, 1.165) is 11.5 Å². The maximum Gasteiger partial charge on any atom is 0.235 e. The van der Waals surface area contributed by atoms with E-state index in [1.54, 1.807) is 0 Å². The van der Waals surface area contributed by atoms with Gasteiger partial charge in [-0.2, -0.15) is 0 Å². The molecule has 4 nitrogen and oxygen atoms in total. The number of nitrogens with one attached hydrogen (secondary N) is 1. The Balaban J connectivity index is 1.89. The number of halogens is 1. The number of amides is 1. The molecule has 0 unspecified atom stereocenters. The van der Waals surface area contributed by atoms with E-state index in [1.807, 2.05) is 6.07 Å². The Morgan fingerprint density at radius 3 is 3.00 bits per heavy atom. The summed E-state index contributed by atoms with van der Waals surface area (Å²) in [4.78, 5) is 10.9. The van der Waals surface area contributed by atoms with E-state index in [0.29, 0.717) is 12.5 Å². The second-order valence-corrected chi connectivity index (χ2v) is 4.38. The molecule has 1 heterocycles. The van der Waals surface area contributed by atoms with Gasteiger partial charge in [-0.25, -0.2) is 0 Å². The first-order valence-corrected chi connectivity index (χ1v) is 6.11. The molecule has 0 saturated heterocycles. The zero-order valence-corrected chi connectivity index (χ0v) is 9.79. The summed E-state index contributed by atoms with van der Waals surface area (Å²) in [5, 5.41) is 6.59. The van der Waals surface area contributed by atoms with Gasteiger partial charge in [0.1, 0.15) is 17.3 Å². The normalized spacial score (nSPS) is 16.6. The summed E-state index contributed by atoms with van der Waals surface area (Å²) in [7, 11) is 0. The first-order chi connectivity index (χ1) is 7.79. The van der Waals surface area contributed by atoms with Gasteiger partial charge in [0.05, 0.1) is 6.54 Å². The maximum atomic E-state index is 10.9. The van der Waals surface area contributed by atoms with Crippen LogP contribution >= 0.6 is 11.6 Å². The Hall–Kier alpha value is -1.03. The van der Waals surface area contributed by atoms with Crippen molar-refractivity contribution in [2.75, 3.05) is 5.88 Å². The van der Waals surface area contributed by atoms with Crippen LogP contribution in [0.25, 0.3) is 0 Å². The second kappa shape index (κ2) is 5.34. The van der Waals surface area contributed by atoms with Crippen LogP contribution < -0.4 is 5.32 Å². The van der Waals surface area contributed by atoms with Gasteiger partial charge in [-0.05, 0) is 12.8 Å². The SMILES string of the molecule is O=C(CCl)NCc1cc(C2CCCC2)on1. The molecule has 1 fully saturated rings. The van der Waals surface area contributed by atoms with Crippen molar-refractivity contribution in [3.05, 3.63) is 17.5 Å². The average molecular weight is 243 g/mol. The van der Waals surface area contributed by atoms with Gasteiger partial charge in [0.15, 0.2) is 0 Å². The van der Waals surface area contributed by atoms with Crippen LogP contribution in [0.1, 0.15) is 43.1 Å². The van der Waals surface area contributed by atoms with E-state index >= 15 is 0 Å². The highest BCUT2D eigenvalue weighted by atomic mass is 35.5. The van der Waals surface area contributed by atoms with Gasteiger partial charge in [-0.15, -0.1) is 11.6 Å². The summed E-state index contributed by atoms with van der Waals surface area (Å²) in [6.07, 6.45) is 4.90. The average Bonchev–Trinajstić information content (AvgIpc) is 2.95. The number of hydrogen-bond donors (Lipinski definition) is 1. The molecule has 0 bridgehead atoms. The highest BCUT2D eigenvalue weighted by Crippen LogP contribution is 2.34. The van der Waals surface area contributed by atoms with Crippen LogP contribution in [0.4, 0.5) is 0 Å². The van der Waals surface area contributed by atoms with Crippen molar-refractivity contribution in [3.63, 3.8) is 0 Å². The molecular weight excluding hydrogens is 228 g/mol. The fourth-order valence-corrected chi connectivity index (χ4v) is 2.15. The fraction of sp³-hybridized carbons (Fsp3) is 0.636. The molecule has 0 aliphatic heterocycles. The summed E-state index contributed by atoms with van der Waals surface area (Å²) in [6, 6.07) is 1.94. The molecule has 88 valence electrons. The Morgan fingerprint density at radius 1 is 1.56 bits per heavy atom. The van der Waals surface area contributed by atoms with Gasteiger partial charge in [-0.1, -0.05) is 18.0 Å². The molecule has 0 atom stereocenters. The van der Waals surface area contributed by atoms with Crippen LogP contribution in [0.5, 0.6) is 0 Å². The Bertz CT molecular complexity index is 359. The largest absolute Gasteiger partial charge is 0.361 e. The van der Waals surface area contributed by atoms with Crippen molar-refractivity contribution in [2.45, 2.75) is 38.1 Å². The topological polar surface area (TPSA) is 55.1 Å². The molecule has 1 N–H and O–H groups in total. The zero-order chi connectivity index (χ0) is 11.4. The Labute approximate surface area is 99.3 Å². The van der Waals surface area contributed by atoms with Crippen LogP contribution in [0.3, 0.4) is 0 Å². The predicted molar refractivity (Wildman–Crippen MR) is 60.3 cm³/mol. The molecule has 1 aromatic rings. The second-order valence-electron chi connectivity index (χ2n) is 4.11. The lowest BCUT2D eigenvalue weighted by molar-refractivity contribution is -0.118. The van der Waals surface area contributed by atoms with Crippen molar-refractivity contribution < 1.29 is 9.32 Å². The summed E-state index contributed by atoms with van der Waals surface area (Å²) < 4.78 is 5.28. The molecule has 0 radical (unpaired) electrons. The lowest BCUT2D eigenvalue weighted by Gasteiger charge is -2.01. The highest BCUT2D eigenvalue weighted by Gasteiger charge is 2.21. The van der Waals surface area contributed by atoms with Crippen LogP contribution in [0, 0.1) is 0 Å². The number of alkyl halides is 1. The van der Waals surface area contributed by atoms with E-state index < -0.39 is 0 Å². The molecule has 16 heavy (non-hydrogen) atoms. The molecule has 1 aliphatic carbocycles. The van der Waals surface area contributed by atoms with E-state index in [4.69, 9.17) is 16.1 Å². The van der Waals surface area contributed by atoms with Crippen molar-refractivity contribution in [1.29, 1.82) is 0 Å². The summed E-state index contributed by atoms with van der Waals surface area (Å²) in [5.74, 6) is 1.26. The molecule has 0 aromatic carbocycles. The molecule has 2 rings (SSSR count). The molecule has 1 aliphatic rings. The van der Waals surface area contributed by atoms with Crippen molar-refractivity contribution in [2.24, 2.45) is 0 Å². The van der Waals surface area contributed by atoms with Crippen LogP contribution in [0.15, 0.2) is 10.6 Å².